The minimum atomic E-state index is -4.62. The molecule has 0 aliphatic carbocycles. The quantitative estimate of drug-likeness (QED) is 0.372. The van der Waals surface area contributed by atoms with E-state index in [-0.39, 0.29) is 29.4 Å². The zero-order valence-electron chi connectivity index (χ0n) is 19.1. The van der Waals surface area contributed by atoms with Crippen LogP contribution in [-0.2, 0) is 6.18 Å². The molecule has 0 spiro atoms. The van der Waals surface area contributed by atoms with Crippen LogP contribution in [-0.4, -0.2) is 35.8 Å². The fourth-order valence-electron chi connectivity index (χ4n) is 4.02. The summed E-state index contributed by atoms with van der Waals surface area (Å²) in [7, 11) is 0. The third-order valence-corrected chi connectivity index (χ3v) is 5.78. The van der Waals surface area contributed by atoms with Crippen LogP contribution in [0.15, 0.2) is 65.6 Å². The number of aliphatic hydroxyl groups is 1. The van der Waals surface area contributed by atoms with Crippen molar-refractivity contribution in [3.63, 3.8) is 0 Å². The van der Waals surface area contributed by atoms with E-state index in [0.717, 1.165) is 18.9 Å². The number of amides is 1. The summed E-state index contributed by atoms with van der Waals surface area (Å²) in [6.07, 6.45) is -3.70. The number of hydrogen-bond acceptors (Lipinski definition) is 6. The first-order valence-corrected chi connectivity index (χ1v) is 11.4. The first kappa shape index (κ1) is 25.1. The van der Waals surface area contributed by atoms with Gasteiger partial charge in [0.1, 0.15) is 0 Å². The van der Waals surface area contributed by atoms with Crippen LogP contribution in [0.25, 0.3) is 0 Å². The maximum atomic E-state index is 13.7. The summed E-state index contributed by atoms with van der Waals surface area (Å²) < 4.78 is 46.2. The number of rotatable bonds is 7. The number of nitrogens with one attached hydrogen (secondary N) is 3. The van der Waals surface area contributed by atoms with Gasteiger partial charge >= 0.3 is 12.3 Å². The van der Waals surface area contributed by atoms with E-state index in [4.69, 9.17) is 4.74 Å². The molecule has 190 valence electrons. The van der Waals surface area contributed by atoms with Gasteiger partial charge in [0.15, 0.2) is 0 Å². The molecule has 0 unspecified atom stereocenters. The van der Waals surface area contributed by atoms with Crippen LogP contribution in [0.5, 0.6) is 5.75 Å². The number of alkyl halides is 3. The second kappa shape index (κ2) is 10.7. The third kappa shape index (κ3) is 5.98. The molecule has 0 bridgehead atoms. The Labute approximate surface area is 204 Å². The summed E-state index contributed by atoms with van der Waals surface area (Å²) in [4.78, 5) is 28.8. The highest BCUT2D eigenvalue weighted by Crippen LogP contribution is 2.39. The lowest BCUT2D eigenvalue weighted by molar-refractivity contribution is -0.137. The minimum absolute atomic E-state index is 0.0123. The van der Waals surface area contributed by atoms with E-state index in [2.05, 4.69) is 15.6 Å². The highest BCUT2D eigenvalue weighted by molar-refractivity contribution is 5.87. The van der Waals surface area contributed by atoms with E-state index in [0.29, 0.717) is 18.7 Å². The van der Waals surface area contributed by atoms with Crippen LogP contribution in [0.2, 0.25) is 0 Å². The Morgan fingerprint density at radius 2 is 1.83 bits per heavy atom. The standard InChI is InChI=1S/C25H25F3N4O4/c26-25(27,28)18-14-17(8-9-20(18)32-12-4-5-13-32)31-24(35)36-22-19(10-11-29-23(22)34)30-15-21(33)16-6-2-1-3-7-16/h1-3,6-11,14,21,33H,4-5,12-13,15H2,(H,31,35)(H2,29,30,34)/t21-/m1/s1. The zero-order chi connectivity index (χ0) is 25.7. The van der Waals surface area contributed by atoms with E-state index in [1.54, 1.807) is 29.2 Å². The minimum Gasteiger partial charge on any atom is -0.402 e. The molecule has 1 atom stereocenters. The first-order valence-electron chi connectivity index (χ1n) is 11.4. The number of carbonyl (C=O) groups is 1. The molecule has 0 saturated carbocycles. The third-order valence-electron chi connectivity index (χ3n) is 5.78. The van der Waals surface area contributed by atoms with E-state index in [1.807, 2.05) is 6.07 Å². The zero-order valence-corrected chi connectivity index (χ0v) is 19.1. The number of pyridine rings is 1. The van der Waals surface area contributed by atoms with Crippen LogP contribution in [0, 0.1) is 0 Å². The van der Waals surface area contributed by atoms with E-state index < -0.39 is 29.5 Å². The van der Waals surface area contributed by atoms with Gasteiger partial charge in [-0.3, -0.25) is 10.1 Å². The Hall–Kier alpha value is -3.99. The summed E-state index contributed by atoms with van der Waals surface area (Å²) in [5.41, 5.74) is -0.891. The molecule has 0 radical (unpaired) electrons. The summed E-state index contributed by atoms with van der Waals surface area (Å²) in [6, 6.07) is 13.8. The van der Waals surface area contributed by atoms with E-state index >= 15 is 0 Å². The largest absolute Gasteiger partial charge is 0.418 e. The lowest BCUT2D eigenvalue weighted by atomic mass is 10.1. The number of anilines is 3. The number of H-pyrrole nitrogens is 1. The lowest BCUT2D eigenvalue weighted by Gasteiger charge is -2.23. The number of benzene rings is 2. The van der Waals surface area contributed by atoms with Crippen LogP contribution >= 0.6 is 0 Å². The molecular formula is C25H25F3N4O4. The fraction of sp³-hybridized carbons (Fsp3) is 0.280. The van der Waals surface area contributed by atoms with Gasteiger partial charge in [-0.05, 0) is 42.7 Å². The summed E-state index contributed by atoms with van der Waals surface area (Å²) in [5.74, 6) is -0.389. The Morgan fingerprint density at radius 1 is 1.11 bits per heavy atom. The van der Waals surface area contributed by atoms with Crippen molar-refractivity contribution in [1.82, 2.24) is 4.98 Å². The summed E-state index contributed by atoms with van der Waals surface area (Å²) >= 11 is 0. The number of ether oxygens (including phenoxy) is 1. The Morgan fingerprint density at radius 3 is 2.53 bits per heavy atom. The summed E-state index contributed by atoms with van der Waals surface area (Å²) in [5, 5.41) is 15.5. The van der Waals surface area contributed by atoms with Crippen molar-refractivity contribution >= 4 is 23.2 Å². The Balaban J connectivity index is 1.48. The van der Waals surface area contributed by atoms with Crippen molar-refractivity contribution in [2.24, 2.45) is 0 Å². The average Bonchev–Trinajstić information content (AvgIpc) is 3.39. The molecule has 1 fully saturated rings. The smallest absolute Gasteiger partial charge is 0.402 e. The second-order valence-electron chi connectivity index (χ2n) is 8.30. The molecule has 11 heteroatoms. The molecule has 1 saturated heterocycles. The number of halogens is 3. The summed E-state index contributed by atoms with van der Waals surface area (Å²) in [6.45, 7) is 1.07. The van der Waals surface area contributed by atoms with Gasteiger partial charge in [-0.2, -0.15) is 13.2 Å². The molecule has 2 heterocycles. The van der Waals surface area contributed by atoms with Crippen molar-refractivity contribution in [3.8, 4) is 5.75 Å². The highest BCUT2D eigenvalue weighted by atomic mass is 19.4. The van der Waals surface area contributed by atoms with E-state index in [9.17, 15) is 27.9 Å². The van der Waals surface area contributed by atoms with Crippen molar-refractivity contribution in [2.45, 2.75) is 25.1 Å². The number of aromatic amines is 1. The van der Waals surface area contributed by atoms with Crippen LogP contribution in [0.4, 0.5) is 35.0 Å². The molecule has 2 aromatic carbocycles. The van der Waals surface area contributed by atoms with Crippen LogP contribution < -0.4 is 25.8 Å². The number of aliphatic hydroxyl groups excluding tert-OH is 1. The number of nitrogens with zero attached hydrogens (tertiary/aromatic N) is 1. The van der Waals surface area contributed by atoms with Crippen molar-refractivity contribution in [2.75, 3.05) is 35.2 Å². The van der Waals surface area contributed by atoms with Crippen molar-refractivity contribution < 1.29 is 27.8 Å². The molecular weight excluding hydrogens is 477 g/mol. The average molecular weight is 502 g/mol. The number of hydrogen-bond donors (Lipinski definition) is 4. The molecule has 1 aliphatic heterocycles. The second-order valence-corrected chi connectivity index (χ2v) is 8.30. The van der Waals surface area contributed by atoms with Crippen molar-refractivity contribution in [1.29, 1.82) is 0 Å². The van der Waals surface area contributed by atoms with Gasteiger partial charge in [0.2, 0.25) is 5.75 Å². The van der Waals surface area contributed by atoms with Gasteiger partial charge in [-0.25, -0.2) is 4.79 Å². The molecule has 3 aromatic rings. The van der Waals surface area contributed by atoms with Crippen molar-refractivity contribution in [3.05, 3.63) is 82.3 Å². The van der Waals surface area contributed by atoms with Gasteiger partial charge in [0, 0.05) is 37.2 Å². The van der Waals surface area contributed by atoms with Crippen LogP contribution in [0.3, 0.4) is 0 Å². The SMILES string of the molecule is O=C(Nc1ccc(N2CCCC2)c(C(F)(F)F)c1)Oc1c(NC[C@@H](O)c2ccccc2)cc[nH]c1=O. The monoisotopic (exact) mass is 502 g/mol. The fourth-order valence-corrected chi connectivity index (χ4v) is 4.02. The van der Waals surface area contributed by atoms with Gasteiger partial charge in [0.25, 0.3) is 5.56 Å². The Bertz CT molecular complexity index is 1260. The molecule has 36 heavy (non-hydrogen) atoms. The molecule has 4 N–H and O–H groups in total. The lowest BCUT2D eigenvalue weighted by Crippen LogP contribution is -2.24. The van der Waals surface area contributed by atoms with Gasteiger partial charge < -0.3 is 25.0 Å². The predicted molar refractivity (Wildman–Crippen MR) is 129 cm³/mol. The van der Waals surface area contributed by atoms with E-state index in [1.165, 1.54) is 24.4 Å². The molecule has 4 rings (SSSR count). The first-order chi connectivity index (χ1) is 17.2. The van der Waals surface area contributed by atoms with Gasteiger partial charge in [-0.15, -0.1) is 0 Å². The normalized spacial score (nSPS) is 14.4. The van der Waals surface area contributed by atoms with Gasteiger partial charge in [-0.1, -0.05) is 30.3 Å². The number of carbonyl (C=O) groups excluding carboxylic acids is 1. The topological polar surface area (TPSA) is 107 Å². The van der Waals surface area contributed by atoms with Crippen LogP contribution in [0.1, 0.15) is 30.1 Å². The number of aromatic nitrogens is 1. The van der Waals surface area contributed by atoms with Gasteiger partial charge in [0.05, 0.1) is 17.4 Å². The molecule has 1 amide bonds. The highest BCUT2D eigenvalue weighted by Gasteiger charge is 2.36. The Kier molecular flexibility index (Phi) is 7.49. The predicted octanol–water partition coefficient (Wildman–Crippen LogP) is 4.75. The molecule has 1 aromatic heterocycles. The maximum Gasteiger partial charge on any atom is 0.418 e. The molecule has 1 aliphatic rings. The molecule has 8 nitrogen and oxygen atoms in total. The maximum absolute atomic E-state index is 13.7.